The first-order valence-electron chi connectivity index (χ1n) is 13.3. The van der Waals surface area contributed by atoms with Gasteiger partial charge in [-0.25, -0.2) is 4.79 Å². The number of hydrogen-bond acceptors (Lipinski definition) is 4. The third kappa shape index (κ3) is 8.82. The molecular formula is C29H49N3O4. The highest BCUT2D eigenvalue weighted by molar-refractivity contribution is 5.93. The van der Waals surface area contributed by atoms with E-state index < -0.39 is 23.8 Å². The third-order valence-electron chi connectivity index (χ3n) is 6.38. The van der Waals surface area contributed by atoms with Crippen molar-refractivity contribution < 1.29 is 19.1 Å². The molecule has 204 valence electrons. The number of hydrogen-bond donors (Lipinski definition) is 2. The molecule has 7 heteroatoms. The van der Waals surface area contributed by atoms with Crippen LogP contribution in [-0.4, -0.2) is 46.5 Å². The molecule has 0 aliphatic heterocycles. The van der Waals surface area contributed by atoms with E-state index in [1.54, 1.807) is 25.7 Å². The fourth-order valence-electron chi connectivity index (χ4n) is 4.39. The molecule has 0 aliphatic rings. The van der Waals surface area contributed by atoms with Gasteiger partial charge < -0.3 is 20.3 Å². The highest BCUT2D eigenvalue weighted by atomic mass is 16.6. The second-order valence-corrected chi connectivity index (χ2v) is 11.3. The maximum Gasteiger partial charge on any atom is 0.408 e. The average Bonchev–Trinajstić information content (AvgIpc) is 2.74. The number of aryl methyl sites for hydroxylation is 2. The van der Waals surface area contributed by atoms with E-state index in [2.05, 4.69) is 17.6 Å². The van der Waals surface area contributed by atoms with Gasteiger partial charge in [-0.05, 0) is 83.9 Å². The van der Waals surface area contributed by atoms with E-state index in [0.29, 0.717) is 6.42 Å². The largest absolute Gasteiger partial charge is 0.444 e. The predicted molar refractivity (Wildman–Crippen MR) is 146 cm³/mol. The summed E-state index contributed by atoms with van der Waals surface area (Å²) in [5, 5.41) is 5.93. The van der Waals surface area contributed by atoms with Crippen molar-refractivity contribution in [2.45, 2.75) is 125 Å². The summed E-state index contributed by atoms with van der Waals surface area (Å²) in [5.41, 5.74) is 2.02. The quantitative estimate of drug-likeness (QED) is 0.398. The molecule has 4 atom stereocenters. The Morgan fingerprint density at radius 1 is 0.972 bits per heavy atom. The highest BCUT2D eigenvalue weighted by Crippen LogP contribution is 2.31. The number of rotatable bonds is 11. The van der Waals surface area contributed by atoms with Gasteiger partial charge in [0.2, 0.25) is 11.8 Å². The number of nitrogens with zero attached hydrogens (tertiary/aromatic N) is 1. The van der Waals surface area contributed by atoms with Gasteiger partial charge in [-0.3, -0.25) is 9.59 Å². The molecule has 4 unspecified atom stereocenters. The standard InChI is InChI=1S/C29H49N3O4/c1-12-15-21(7)30-26(33)25(23-19(5)16-14-17-20(23)6)32(22(8)13-2)27(34)24(18(3)4)31-28(35)36-29(9,10)11/h14,16-18,21-22,24-25H,12-13,15H2,1-11H3,(H,30,33)(H,31,35). The van der Waals surface area contributed by atoms with Crippen molar-refractivity contribution in [3.05, 3.63) is 34.9 Å². The van der Waals surface area contributed by atoms with Crippen LogP contribution in [0.1, 0.15) is 104 Å². The molecule has 36 heavy (non-hydrogen) atoms. The van der Waals surface area contributed by atoms with Crippen LogP contribution < -0.4 is 10.6 Å². The minimum atomic E-state index is -0.846. The van der Waals surface area contributed by atoms with Crippen LogP contribution in [-0.2, 0) is 14.3 Å². The molecule has 0 radical (unpaired) electrons. The third-order valence-corrected chi connectivity index (χ3v) is 6.38. The van der Waals surface area contributed by atoms with Crippen molar-refractivity contribution in [2.75, 3.05) is 0 Å². The van der Waals surface area contributed by atoms with Gasteiger partial charge in [0.25, 0.3) is 0 Å². The summed E-state index contributed by atoms with van der Waals surface area (Å²) in [4.78, 5) is 42.4. The summed E-state index contributed by atoms with van der Waals surface area (Å²) < 4.78 is 5.45. The maximum atomic E-state index is 14.2. The first-order valence-corrected chi connectivity index (χ1v) is 13.3. The molecule has 0 aliphatic carbocycles. The van der Waals surface area contributed by atoms with E-state index in [0.717, 1.165) is 29.5 Å². The molecule has 1 aromatic carbocycles. The van der Waals surface area contributed by atoms with Gasteiger partial charge in [-0.2, -0.15) is 0 Å². The van der Waals surface area contributed by atoms with E-state index in [1.165, 1.54) is 0 Å². The number of ether oxygens (including phenoxy) is 1. The predicted octanol–water partition coefficient (Wildman–Crippen LogP) is 5.83. The van der Waals surface area contributed by atoms with Crippen LogP contribution in [0.15, 0.2) is 18.2 Å². The van der Waals surface area contributed by atoms with E-state index >= 15 is 0 Å². The zero-order valence-corrected chi connectivity index (χ0v) is 24.3. The van der Waals surface area contributed by atoms with Crippen molar-refractivity contribution in [1.29, 1.82) is 0 Å². The zero-order chi connectivity index (χ0) is 27.8. The van der Waals surface area contributed by atoms with Gasteiger partial charge in [0, 0.05) is 12.1 Å². The van der Waals surface area contributed by atoms with E-state index in [-0.39, 0.29) is 29.8 Å². The van der Waals surface area contributed by atoms with Crippen molar-refractivity contribution >= 4 is 17.9 Å². The monoisotopic (exact) mass is 503 g/mol. The SMILES string of the molecule is CCCC(C)NC(=O)C(c1c(C)cccc1C)N(C(=O)C(NC(=O)OC(C)(C)C)C(C)C)C(C)CC. The number of carbonyl (C=O) groups is 3. The van der Waals surface area contributed by atoms with Crippen LogP contribution >= 0.6 is 0 Å². The number of amides is 3. The summed E-state index contributed by atoms with van der Waals surface area (Å²) in [5.74, 6) is -0.713. The minimum absolute atomic E-state index is 0.0241. The van der Waals surface area contributed by atoms with Gasteiger partial charge in [-0.15, -0.1) is 0 Å². The molecule has 0 heterocycles. The number of alkyl carbamates (subject to hydrolysis) is 1. The summed E-state index contributed by atoms with van der Waals surface area (Å²) in [6, 6.07) is 3.96. The minimum Gasteiger partial charge on any atom is -0.444 e. The van der Waals surface area contributed by atoms with Crippen molar-refractivity contribution in [2.24, 2.45) is 5.92 Å². The van der Waals surface area contributed by atoms with Crippen molar-refractivity contribution in [3.8, 4) is 0 Å². The summed E-state index contributed by atoms with van der Waals surface area (Å²) >= 11 is 0. The first-order chi connectivity index (χ1) is 16.6. The Balaban J connectivity index is 3.62. The zero-order valence-electron chi connectivity index (χ0n) is 24.3. The first kappa shape index (κ1) is 31.5. The Morgan fingerprint density at radius 3 is 1.97 bits per heavy atom. The smallest absolute Gasteiger partial charge is 0.408 e. The lowest BCUT2D eigenvalue weighted by atomic mass is 9.91. The summed E-state index contributed by atoms with van der Waals surface area (Å²) in [6.45, 7) is 21.1. The van der Waals surface area contributed by atoms with Crippen LogP contribution in [0.25, 0.3) is 0 Å². The van der Waals surface area contributed by atoms with Crippen LogP contribution in [0.2, 0.25) is 0 Å². The lowest BCUT2D eigenvalue weighted by Gasteiger charge is -2.40. The fraction of sp³-hybridized carbons (Fsp3) is 0.690. The molecule has 0 saturated heterocycles. The lowest BCUT2D eigenvalue weighted by Crippen LogP contribution is -2.57. The molecule has 7 nitrogen and oxygen atoms in total. The topological polar surface area (TPSA) is 87.7 Å². The molecule has 0 fully saturated rings. The van der Waals surface area contributed by atoms with Gasteiger partial charge >= 0.3 is 6.09 Å². The van der Waals surface area contributed by atoms with Crippen LogP contribution in [0.3, 0.4) is 0 Å². The fourth-order valence-corrected chi connectivity index (χ4v) is 4.39. The Bertz CT molecular complexity index is 871. The van der Waals surface area contributed by atoms with Gasteiger partial charge in [-0.1, -0.05) is 52.3 Å². The van der Waals surface area contributed by atoms with Gasteiger partial charge in [0.15, 0.2) is 0 Å². The van der Waals surface area contributed by atoms with E-state index in [1.807, 2.05) is 66.7 Å². The van der Waals surface area contributed by atoms with E-state index in [4.69, 9.17) is 4.74 Å². The number of benzene rings is 1. The lowest BCUT2D eigenvalue weighted by molar-refractivity contribution is -0.146. The Morgan fingerprint density at radius 2 is 1.53 bits per heavy atom. The molecule has 0 bridgehead atoms. The second kappa shape index (κ2) is 13.7. The van der Waals surface area contributed by atoms with Crippen molar-refractivity contribution in [3.63, 3.8) is 0 Å². The van der Waals surface area contributed by atoms with Gasteiger partial charge in [0.1, 0.15) is 17.7 Å². The van der Waals surface area contributed by atoms with Crippen LogP contribution in [0.5, 0.6) is 0 Å². The molecule has 0 spiro atoms. The maximum absolute atomic E-state index is 14.2. The molecule has 1 rings (SSSR count). The molecule has 0 saturated carbocycles. The second-order valence-electron chi connectivity index (χ2n) is 11.3. The number of carbonyl (C=O) groups excluding carboxylic acids is 3. The van der Waals surface area contributed by atoms with Crippen LogP contribution in [0, 0.1) is 19.8 Å². The van der Waals surface area contributed by atoms with E-state index in [9.17, 15) is 14.4 Å². The molecular weight excluding hydrogens is 454 g/mol. The van der Waals surface area contributed by atoms with Crippen LogP contribution in [0.4, 0.5) is 4.79 Å². The normalized spacial score (nSPS) is 15.0. The number of nitrogens with one attached hydrogen (secondary N) is 2. The summed E-state index contributed by atoms with van der Waals surface area (Å²) in [7, 11) is 0. The molecule has 2 N–H and O–H groups in total. The highest BCUT2D eigenvalue weighted by Gasteiger charge is 2.40. The van der Waals surface area contributed by atoms with Crippen molar-refractivity contribution in [1.82, 2.24) is 15.5 Å². The Labute approximate surface area is 218 Å². The molecule has 1 aromatic rings. The Kier molecular flexibility index (Phi) is 11.9. The molecule has 0 aromatic heterocycles. The average molecular weight is 504 g/mol. The Hall–Kier alpha value is -2.57. The molecule has 3 amide bonds. The summed E-state index contributed by atoms with van der Waals surface area (Å²) in [6.07, 6.45) is 1.79. The van der Waals surface area contributed by atoms with Gasteiger partial charge in [0.05, 0.1) is 0 Å².